The van der Waals surface area contributed by atoms with Gasteiger partial charge >= 0.3 is 6.01 Å². The summed E-state index contributed by atoms with van der Waals surface area (Å²) in [5.41, 5.74) is 0.800. The van der Waals surface area contributed by atoms with E-state index < -0.39 is 0 Å². The van der Waals surface area contributed by atoms with Crippen LogP contribution in [0.15, 0.2) is 36.7 Å². The second-order valence-electron chi connectivity index (χ2n) is 6.60. The first-order chi connectivity index (χ1) is 13.0. The summed E-state index contributed by atoms with van der Waals surface area (Å²) >= 11 is 6.26. The van der Waals surface area contributed by atoms with Gasteiger partial charge in [0.25, 0.3) is 0 Å². The van der Waals surface area contributed by atoms with Crippen LogP contribution in [0, 0.1) is 5.92 Å². The smallest absolute Gasteiger partial charge is 0.321 e. The maximum Gasteiger partial charge on any atom is 0.321 e. The molecular weight excluding hydrogens is 366 g/mol. The molecule has 0 saturated heterocycles. The third kappa shape index (κ3) is 6.25. The number of nitrogens with one attached hydrogen (secondary N) is 1. The maximum atomic E-state index is 11.0. The molecular formula is C20H22ClN3O3. The quantitative estimate of drug-likeness (QED) is 0.733. The van der Waals surface area contributed by atoms with E-state index in [4.69, 9.17) is 21.1 Å². The van der Waals surface area contributed by atoms with Crippen molar-refractivity contribution in [2.45, 2.75) is 32.7 Å². The van der Waals surface area contributed by atoms with Crippen LogP contribution in [0.4, 0.5) is 0 Å². The molecule has 1 aliphatic rings. The highest BCUT2D eigenvalue weighted by atomic mass is 35.5. The average molecular weight is 388 g/mol. The van der Waals surface area contributed by atoms with Crippen molar-refractivity contribution in [2.24, 2.45) is 5.92 Å². The van der Waals surface area contributed by atoms with Gasteiger partial charge in [-0.1, -0.05) is 23.8 Å². The summed E-state index contributed by atoms with van der Waals surface area (Å²) < 4.78 is 11.3. The molecule has 0 radical (unpaired) electrons. The predicted octanol–water partition coefficient (Wildman–Crippen LogP) is 4.25. The topological polar surface area (TPSA) is 73.3 Å². The lowest BCUT2D eigenvalue weighted by Crippen LogP contribution is -2.28. The van der Waals surface area contributed by atoms with Gasteiger partial charge in [-0.05, 0) is 37.8 Å². The molecule has 0 aliphatic heterocycles. The summed E-state index contributed by atoms with van der Waals surface area (Å²) in [6.07, 6.45) is 9.45. The van der Waals surface area contributed by atoms with Crippen molar-refractivity contribution in [3.8, 4) is 17.5 Å². The van der Waals surface area contributed by atoms with E-state index in [1.807, 2.05) is 25.1 Å². The summed E-state index contributed by atoms with van der Waals surface area (Å²) in [5.74, 6) is 1.81. The lowest BCUT2D eigenvalue weighted by Gasteiger charge is -2.09. The molecule has 0 spiro atoms. The van der Waals surface area contributed by atoms with E-state index in [9.17, 15) is 4.79 Å². The summed E-state index contributed by atoms with van der Waals surface area (Å²) in [7, 11) is 0. The number of carbonyl (C=O) groups excluding carboxylic acids is 1. The Bertz CT molecular complexity index is 820. The van der Waals surface area contributed by atoms with Gasteiger partial charge in [0.05, 0.1) is 11.6 Å². The Hall–Kier alpha value is -2.60. The van der Waals surface area contributed by atoms with Crippen LogP contribution in [0.1, 0.15) is 32.3 Å². The van der Waals surface area contributed by atoms with Gasteiger partial charge in [0.15, 0.2) is 0 Å². The lowest BCUT2D eigenvalue weighted by molar-refractivity contribution is -0.119. The average Bonchev–Trinajstić information content (AvgIpc) is 3.45. The Labute approximate surface area is 163 Å². The van der Waals surface area contributed by atoms with Crippen LogP contribution in [0.5, 0.6) is 17.5 Å². The molecule has 1 N–H and O–H groups in total. The molecule has 6 nitrogen and oxygen atoms in total. The van der Waals surface area contributed by atoms with Crippen molar-refractivity contribution in [1.29, 1.82) is 0 Å². The number of hydrogen-bond donors (Lipinski definition) is 1. The van der Waals surface area contributed by atoms with Gasteiger partial charge < -0.3 is 14.8 Å². The van der Waals surface area contributed by atoms with Crippen LogP contribution in [0.3, 0.4) is 0 Å². The van der Waals surface area contributed by atoms with Gasteiger partial charge in [0, 0.05) is 37.0 Å². The van der Waals surface area contributed by atoms with Crippen LogP contribution in [0.2, 0.25) is 5.02 Å². The summed E-state index contributed by atoms with van der Waals surface area (Å²) in [5, 5.41) is 3.21. The molecule has 142 valence electrons. The minimum Gasteiger partial charge on any atom is -0.493 e. The molecule has 7 heteroatoms. The zero-order valence-electron chi connectivity index (χ0n) is 15.3. The number of aromatic nitrogens is 2. The number of benzene rings is 1. The Kier molecular flexibility index (Phi) is 6.29. The van der Waals surface area contributed by atoms with E-state index in [1.54, 1.807) is 24.5 Å². The van der Waals surface area contributed by atoms with Crippen molar-refractivity contribution in [2.75, 3.05) is 6.61 Å². The van der Waals surface area contributed by atoms with Crippen LogP contribution < -0.4 is 14.8 Å². The number of nitrogens with zero attached hydrogens (tertiary/aromatic N) is 2. The molecule has 1 aliphatic carbocycles. The maximum absolute atomic E-state index is 11.0. The lowest BCUT2D eigenvalue weighted by atomic mass is 10.2. The Balaban J connectivity index is 1.57. The molecule has 1 aromatic heterocycles. The van der Waals surface area contributed by atoms with Gasteiger partial charge in [-0.15, -0.1) is 0 Å². The molecule has 1 fully saturated rings. The number of hydrogen-bond acceptors (Lipinski definition) is 5. The molecule has 0 bridgehead atoms. The van der Waals surface area contributed by atoms with E-state index in [0.29, 0.717) is 16.7 Å². The Morgan fingerprint density at radius 1 is 1.37 bits per heavy atom. The first kappa shape index (κ1) is 19.2. The normalized spacial score (nSPS) is 14.8. The van der Waals surface area contributed by atoms with E-state index in [2.05, 4.69) is 15.3 Å². The number of ether oxygens (including phenoxy) is 2. The Morgan fingerprint density at radius 3 is 2.74 bits per heavy atom. The van der Waals surface area contributed by atoms with Crippen molar-refractivity contribution in [3.63, 3.8) is 0 Å². The van der Waals surface area contributed by atoms with E-state index in [0.717, 1.165) is 17.9 Å². The molecule has 1 aromatic carbocycles. The number of carbonyl (C=O) groups is 1. The molecule has 3 rings (SSSR count). The molecule has 1 heterocycles. The van der Waals surface area contributed by atoms with Crippen molar-refractivity contribution in [1.82, 2.24) is 15.3 Å². The minimum absolute atomic E-state index is 0.0714. The van der Waals surface area contributed by atoms with E-state index >= 15 is 0 Å². The molecule has 1 amide bonds. The number of amides is 1. The zero-order chi connectivity index (χ0) is 19.2. The highest BCUT2D eigenvalue weighted by molar-refractivity contribution is 6.32. The third-order valence-corrected chi connectivity index (χ3v) is 4.24. The second-order valence-corrected chi connectivity index (χ2v) is 7.00. The second kappa shape index (κ2) is 8.86. The van der Waals surface area contributed by atoms with Crippen LogP contribution in [-0.4, -0.2) is 28.5 Å². The fourth-order valence-corrected chi connectivity index (χ4v) is 2.55. The largest absolute Gasteiger partial charge is 0.493 e. The first-order valence-electron chi connectivity index (χ1n) is 8.87. The standard InChI is InChI=1S/C20H22ClN3O3/c1-13(24-14(2)25)3-4-16-10-22-20(23-11-16)27-19-8-7-17(9-18(19)21)26-12-15-5-6-15/h3-4,7-11,13,15H,5-6,12H2,1-2H3,(H,24,25)/b4-3+/t13-/m0/s1. The molecule has 2 aromatic rings. The summed E-state index contributed by atoms with van der Waals surface area (Å²) in [6.45, 7) is 4.10. The van der Waals surface area contributed by atoms with Crippen LogP contribution in [-0.2, 0) is 4.79 Å². The van der Waals surface area contributed by atoms with Gasteiger partial charge in [-0.25, -0.2) is 9.97 Å². The van der Waals surface area contributed by atoms with Gasteiger partial charge in [-0.3, -0.25) is 4.79 Å². The minimum atomic E-state index is -0.0759. The number of halogens is 1. The molecule has 1 saturated carbocycles. The van der Waals surface area contributed by atoms with Gasteiger partial charge in [0.2, 0.25) is 5.91 Å². The van der Waals surface area contributed by atoms with Crippen molar-refractivity contribution >= 4 is 23.6 Å². The highest BCUT2D eigenvalue weighted by Gasteiger charge is 2.22. The fourth-order valence-electron chi connectivity index (χ4n) is 2.34. The molecule has 0 unspecified atom stereocenters. The predicted molar refractivity (Wildman–Crippen MR) is 104 cm³/mol. The summed E-state index contributed by atoms with van der Waals surface area (Å²) in [6, 6.07) is 5.44. The Morgan fingerprint density at radius 2 is 2.11 bits per heavy atom. The molecule has 27 heavy (non-hydrogen) atoms. The zero-order valence-corrected chi connectivity index (χ0v) is 16.1. The SMILES string of the molecule is CC(=O)N[C@@H](C)/C=C/c1cnc(Oc2ccc(OCC3CC3)cc2Cl)nc1. The van der Waals surface area contributed by atoms with Crippen LogP contribution in [0.25, 0.3) is 6.08 Å². The van der Waals surface area contributed by atoms with Gasteiger partial charge in [0.1, 0.15) is 11.5 Å². The van der Waals surface area contributed by atoms with Crippen LogP contribution >= 0.6 is 11.6 Å². The summed E-state index contributed by atoms with van der Waals surface area (Å²) in [4.78, 5) is 19.4. The van der Waals surface area contributed by atoms with Crippen molar-refractivity contribution in [3.05, 3.63) is 47.3 Å². The fraction of sp³-hybridized carbons (Fsp3) is 0.350. The third-order valence-electron chi connectivity index (χ3n) is 3.94. The van der Waals surface area contributed by atoms with E-state index in [-0.39, 0.29) is 18.0 Å². The van der Waals surface area contributed by atoms with E-state index in [1.165, 1.54) is 19.8 Å². The first-order valence-corrected chi connectivity index (χ1v) is 9.25. The molecule has 1 atom stereocenters. The highest BCUT2D eigenvalue weighted by Crippen LogP contribution is 2.33. The van der Waals surface area contributed by atoms with Crippen molar-refractivity contribution < 1.29 is 14.3 Å². The number of rotatable bonds is 8. The van der Waals surface area contributed by atoms with Gasteiger partial charge in [-0.2, -0.15) is 0 Å². The monoisotopic (exact) mass is 387 g/mol.